The lowest BCUT2D eigenvalue weighted by Gasteiger charge is -2.29. The maximum atomic E-state index is 10.6. The SMILES string of the molecule is CN(C)C1C(O)c2ccccc2C1c1ccccc1. The minimum atomic E-state index is -0.420. The first kappa shape index (κ1) is 12.4. The topological polar surface area (TPSA) is 23.5 Å². The van der Waals surface area contributed by atoms with Crippen molar-refractivity contribution in [3.05, 3.63) is 71.3 Å². The highest BCUT2D eigenvalue weighted by Gasteiger charge is 2.41. The monoisotopic (exact) mass is 253 g/mol. The summed E-state index contributed by atoms with van der Waals surface area (Å²) in [6.45, 7) is 0. The van der Waals surface area contributed by atoms with Crippen molar-refractivity contribution < 1.29 is 5.11 Å². The average Bonchev–Trinajstić information content (AvgIpc) is 2.74. The number of aliphatic hydroxyl groups excluding tert-OH is 1. The Hall–Kier alpha value is -1.64. The number of hydrogen-bond donors (Lipinski definition) is 1. The second-order valence-electron chi connectivity index (χ2n) is 5.42. The molecule has 1 aliphatic carbocycles. The standard InChI is InChI=1S/C17H19NO/c1-18(2)16-15(12-8-4-3-5-9-12)13-10-6-7-11-14(13)17(16)19/h3-11,15-17,19H,1-2H3. The largest absolute Gasteiger partial charge is 0.387 e. The van der Waals surface area contributed by atoms with Crippen LogP contribution in [0.2, 0.25) is 0 Å². The molecule has 2 aromatic carbocycles. The highest BCUT2D eigenvalue weighted by molar-refractivity contribution is 5.46. The summed E-state index contributed by atoms with van der Waals surface area (Å²) in [7, 11) is 4.07. The van der Waals surface area contributed by atoms with Crippen LogP contribution in [0.1, 0.15) is 28.7 Å². The molecule has 0 aromatic heterocycles. The van der Waals surface area contributed by atoms with E-state index in [1.807, 2.05) is 32.3 Å². The predicted octanol–water partition coefficient (Wildman–Crippen LogP) is 2.80. The quantitative estimate of drug-likeness (QED) is 0.889. The van der Waals surface area contributed by atoms with Gasteiger partial charge in [-0.1, -0.05) is 54.6 Å². The third kappa shape index (κ3) is 1.97. The fourth-order valence-corrected chi connectivity index (χ4v) is 3.23. The van der Waals surface area contributed by atoms with E-state index < -0.39 is 6.10 Å². The molecule has 3 rings (SSSR count). The first-order valence-corrected chi connectivity index (χ1v) is 6.68. The van der Waals surface area contributed by atoms with Crippen LogP contribution in [0.4, 0.5) is 0 Å². The van der Waals surface area contributed by atoms with E-state index in [4.69, 9.17) is 0 Å². The highest BCUT2D eigenvalue weighted by Crippen LogP contribution is 2.45. The van der Waals surface area contributed by atoms with Crippen LogP contribution >= 0.6 is 0 Å². The molecule has 1 aliphatic rings. The molecule has 3 unspecified atom stereocenters. The van der Waals surface area contributed by atoms with Gasteiger partial charge in [0.2, 0.25) is 0 Å². The molecule has 2 nitrogen and oxygen atoms in total. The zero-order chi connectivity index (χ0) is 13.4. The maximum Gasteiger partial charge on any atom is 0.0957 e. The second kappa shape index (κ2) is 4.80. The van der Waals surface area contributed by atoms with Crippen molar-refractivity contribution in [1.82, 2.24) is 4.90 Å². The van der Waals surface area contributed by atoms with Crippen molar-refractivity contribution in [3.8, 4) is 0 Å². The Bertz CT molecular complexity index is 564. The predicted molar refractivity (Wildman–Crippen MR) is 77.2 cm³/mol. The molecule has 19 heavy (non-hydrogen) atoms. The molecular formula is C17H19NO. The molecular weight excluding hydrogens is 234 g/mol. The number of rotatable bonds is 2. The van der Waals surface area contributed by atoms with Crippen LogP contribution in [-0.4, -0.2) is 30.1 Å². The zero-order valence-corrected chi connectivity index (χ0v) is 11.3. The molecule has 0 amide bonds. The Morgan fingerprint density at radius 3 is 2.05 bits per heavy atom. The van der Waals surface area contributed by atoms with Gasteiger partial charge in [-0.2, -0.15) is 0 Å². The van der Waals surface area contributed by atoms with E-state index in [2.05, 4.69) is 41.3 Å². The van der Waals surface area contributed by atoms with Crippen LogP contribution in [0.3, 0.4) is 0 Å². The van der Waals surface area contributed by atoms with Gasteiger partial charge >= 0.3 is 0 Å². The van der Waals surface area contributed by atoms with Crippen molar-refractivity contribution >= 4 is 0 Å². The van der Waals surface area contributed by atoms with Crippen LogP contribution in [0.15, 0.2) is 54.6 Å². The molecule has 1 N–H and O–H groups in total. The van der Waals surface area contributed by atoms with Crippen LogP contribution in [0.5, 0.6) is 0 Å². The van der Waals surface area contributed by atoms with E-state index in [1.54, 1.807) is 0 Å². The van der Waals surface area contributed by atoms with Gasteiger partial charge in [-0.25, -0.2) is 0 Å². The summed E-state index contributed by atoms with van der Waals surface area (Å²) in [5, 5.41) is 10.6. The minimum absolute atomic E-state index is 0.0970. The number of benzene rings is 2. The lowest BCUT2D eigenvalue weighted by atomic mass is 9.89. The molecule has 2 aromatic rings. The van der Waals surface area contributed by atoms with Gasteiger partial charge in [0.15, 0.2) is 0 Å². The van der Waals surface area contributed by atoms with Gasteiger partial charge in [-0.3, -0.25) is 0 Å². The van der Waals surface area contributed by atoms with E-state index in [0.29, 0.717) is 0 Å². The van der Waals surface area contributed by atoms with Crippen molar-refractivity contribution in [1.29, 1.82) is 0 Å². The van der Waals surface area contributed by atoms with Gasteiger partial charge in [0.05, 0.1) is 12.1 Å². The molecule has 98 valence electrons. The van der Waals surface area contributed by atoms with Gasteiger partial charge in [0, 0.05) is 5.92 Å². The summed E-state index contributed by atoms with van der Waals surface area (Å²) in [5.41, 5.74) is 3.58. The molecule has 0 heterocycles. The van der Waals surface area contributed by atoms with Gasteiger partial charge in [-0.05, 0) is 30.8 Å². The van der Waals surface area contributed by atoms with E-state index in [1.165, 1.54) is 11.1 Å². The summed E-state index contributed by atoms with van der Waals surface area (Å²) in [5.74, 6) is 0.238. The molecule has 0 bridgehead atoms. The molecule has 0 fully saturated rings. The second-order valence-corrected chi connectivity index (χ2v) is 5.42. The van der Waals surface area contributed by atoms with Crippen molar-refractivity contribution in [2.24, 2.45) is 0 Å². The normalized spacial score (nSPS) is 25.6. The lowest BCUT2D eigenvalue weighted by Crippen LogP contribution is -2.35. The molecule has 0 radical (unpaired) electrons. The summed E-state index contributed by atoms with van der Waals surface area (Å²) < 4.78 is 0. The first-order valence-electron chi connectivity index (χ1n) is 6.68. The number of fused-ring (bicyclic) bond motifs is 1. The van der Waals surface area contributed by atoms with Crippen LogP contribution < -0.4 is 0 Å². The van der Waals surface area contributed by atoms with Crippen LogP contribution in [0, 0.1) is 0 Å². The van der Waals surface area contributed by atoms with E-state index in [9.17, 15) is 5.11 Å². The Labute approximate surface area is 114 Å². The van der Waals surface area contributed by atoms with Gasteiger partial charge in [0.1, 0.15) is 0 Å². The molecule has 0 spiro atoms. The van der Waals surface area contributed by atoms with Gasteiger partial charge < -0.3 is 10.0 Å². The van der Waals surface area contributed by atoms with E-state index in [0.717, 1.165) is 5.56 Å². The molecule has 0 saturated carbocycles. The van der Waals surface area contributed by atoms with E-state index >= 15 is 0 Å². The first-order chi connectivity index (χ1) is 9.20. The van der Waals surface area contributed by atoms with Crippen LogP contribution in [0.25, 0.3) is 0 Å². The van der Waals surface area contributed by atoms with Crippen molar-refractivity contribution in [2.45, 2.75) is 18.1 Å². The Balaban J connectivity index is 2.14. The van der Waals surface area contributed by atoms with Gasteiger partial charge in [0.25, 0.3) is 0 Å². The van der Waals surface area contributed by atoms with Gasteiger partial charge in [-0.15, -0.1) is 0 Å². The lowest BCUT2D eigenvalue weighted by molar-refractivity contribution is 0.0822. The fraction of sp³-hybridized carbons (Fsp3) is 0.294. The summed E-state index contributed by atoms with van der Waals surface area (Å²) in [6, 6.07) is 18.8. The summed E-state index contributed by atoms with van der Waals surface area (Å²) >= 11 is 0. The molecule has 0 aliphatic heterocycles. The zero-order valence-electron chi connectivity index (χ0n) is 11.3. The number of hydrogen-bond acceptors (Lipinski definition) is 2. The third-order valence-electron chi connectivity index (χ3n) is 4.07. The Kier molecular flexibility index (Phi) is 3.13. The minimum Gasteiger partial charge on any atom is -0.387 e. The molecule has 2 heteroatoms. The highest BCUT2D eigenvalue weighted by atomic mass is 16.3. The van der Waals surface area contributed by atoms with Crippen LogP contribution in [-0.2, 0) is 0 Å². The van der Waals surface area contributed by atoms with E-state index in [-0.39, 0.29) is 12.0 Å². The smallest absolute Gasteiger partial charge is 0.0957 e. The number of aliphatic hydroxyl groups is 1. The third-order valence-corrected chi connectivity index (χ3v) is 4.07. The fourth-order valence-electron chi connectivity index (χ4n) is 3.23. The Morgan fingerprint density at radius 2 is 1.42 bits per heavy atom. The maximum absolute atomic E-state index is 10.6. The summed E-state index contributed by atoms with van der Waals surface area (Å²) in [6.07, 6.45) is -0.420. The number of nitrogens with zero attached hydrogens (tertiary/aromatic N) is 1. The number of likely N-dealkylation sites (N-methyl/N-ethyl adjacent to an activating group) is 1. The summed E-state index contributed by atoms with van der Waals surface area (Å²) in [4.78, 5) is 2.13. The molecule has 0 saturated heterocycles. The van der Waals surface area contributed by atoms with Crippen molar-refractivity contribution in [3.63, 3.8) is 0 Å². The Morgan fingerprint density at radius 1 is 0.842 bits per heavy atom. The molecule has 3 atom stereocenters. The van der Waals surface area contributed by atoms with Crippen molar-refractivity contribution in [2.75, 3.05) is 14.1 Å². The average molecular weight is 253 g/mol.